The van der Waals surface area contributed by atoms with Gasteiger partial charge in [0.05, 0.1) is 5.76 Å². The summed E-state index contributed by atoms with van der Waals surface area (Å²) < 4.78 is 4.77. The summed E-state index contributed by atoms with van der Waals surface area (Å²) in [5, 5.41) is 15.0. The maximum absolute atomic E-state index is 10.0. The first kappa shape index (κ1) is 29.0. The summed E-state index contributed by atoms with van der Waals surface area (Å²) in [6.07, 6.45) is 6.36. The Labute approximate surface area is 258 Å². The minimum Gasteiger partial charge on any atom is -0.512 e. The van der Waals surface area contributed by atoms with Gasteiger partial charge in [-0.25, -0.2) is 0 Å². The van der Waals surface area contributed by atoms with Crippen LogP contribution in [0, 0.1) is 13.1 Å². The maximum Gasteiger partial charge on any atom is 0.155 e. The van der Waals surface area contributed by atoms with Crippen molar-refractivity contribution in [1.82, 2.24) is 0 Å². The molecule has 1 radical (unpaired) electrons. The molecular weight excluding hydrogens is 703 g/mol. The number of rotatable bonds is 3. The molecule has 0 aliphatic heterocycles. The summed E-state index contributed by atoms with van der Waals surface area (Å²) >= 11 is 1.87. The quantitative estimate of drug-likeness (QED) is 0.0648. The van der Waals surface area contributed by atoms with E-state index in [-0.39, 0.29) is 31.6 Å². The number of allylic oxidation sites excluding steroid dienone is 2. The van der Waals surface area contributed by atoms with Gasteiger partial charge in [0.15, 0.2) is 5.78 Å². The van der Waals surface area contributed by atoms with Gasteiger partial charge in [-0.1, -0.05) is 72.3 Å². The number of aliphatic hydroxyl groups excluding tert-OH is 1. The predicted molar refractivity (Wildman–Crippen MR) is 168 cm³/mol. The van der Waals surface area contributed by atoms with Crippen molar-refractivity contribution >= 4 is 59.0 Å². The van der Waals surface area contributed by atoms with E-state index in [0.717, 1.165) is 11.3 Å². The molecule has 0 saturated heterocycles. The number of nitrogens with zero attached hydrogens (tertiary/aromatic N) is 1. The number of benzene rings is 4. The first-order valence-corrected chi connectivity index (χ1v) is 14.7. The fraction of sp³-hybridized carbons (Fsp3) is 0.194. The number of carbonyl (C=O) groups excluding carboxylic acids is 1. The molecule has 0 atom stereocenters. The maximum atomic E-state index is 10.0. The molecule has 0 bridgehead atoms. The van der Waals surface area contributed by atoms with Gasteiger partial charge in [-0.3, -0.25) is 4.79 Å². The first-order valence-electron chi connectivity index (χ1n) is 13.8. The molecule has 2 heterocycles. The van der Waals surface area contributed by atoms with Crippen molar-refractivity contribution in [2.24, 2.45) is 0 Å². The second-order valence-electron chi connectivity index (χ2n) is 10.7. The van der Waals surface area contributed by atoms with Gasteiger partial charge in [0, 0.05) is 43.3 Å². The Balaban J connectivity index is 0.000000379. The molecule has 3 nitrogen and oxygen atoms in total. The van der Waals surface area contributed by atoms with E-state index in [1.54, 1.807) is 0 Å². The molecule has 41 heavy (non-hydrogen) atoms. The first-order chi connectivity index (χ1) is 19.4. The van der Waals surface area contributed by atoms with Crippen LogP contribution in [0.3, 0.4) is 0 Å². The van der Waals surface area contributed by atoms with Gasteiger partial charge < -0.3 is 9.67 Å². The SMILES string of the molecule is CC(=O)/C=C(/C)O.[CH2-][n+]1c(-c2[c-]ccc3c2sc2ccccc23)cc(C2CCCC2)c2c3ccccc3ccc21.[Ir]. The van der Waals surface area contributed by atoms with Gasteiger partial charge in [-0.05, 0) is 77.2 Å². The summed E-state index contributed by atoms with van der Waals surface area (Å²) in [4.78, 5) is 10.0. The summed E-state index contributed by atoms with van der Waals surface area (Å²) in [5.41, 5.74) is 5.02. The third-order valence-electron chi connectivity index (χ3n) is 7.87. The number of pyridine rings is 1. The summed E-state index contributed by atoms with van der Waals surface area (Å²) in [5.74, 6) is 0.548. The Kier molecular flexibility index (Phi) is 8.60. The zero-order valence-corrected chi connectivity index (χ0v) is 26.5. The number of hydrogen-bond donors (Lipinski definition) is 1. The van der Waals surface area contributed by atoms with Crippen LogP contribution >= 0.6 is 11.3 Å². The summed E-state index contributed by atoms with van der Waals surface area (Å²) in [6.45, 7) is 2.85. The Bertz CT molecular complexity index is 1930. The number of hydrogen-bond acceptors (Lipinski definition) is 3. The van der Waals surface area contributed by atoms with Crippen molar-refractivity contribution in [2.45, 2.75) is 45.4 Å². The van der Waals surface area contributed by atoms with Crippen LogP contribution in [-0.2, 0) is 24.9 Å². The van der Waals surface area contributed by atoms with Crippen molar-refractivity contribution < 1.29 is 34.6 Å². The van der Waals surface area contributed by atoms with Crippen LogP contribution in [0.25, 0.3) is 53.1 Å². The zero-order valence-electron chi connectivity index (χ0n) is 23.2. The van der Waals surface area contributed by atoms with E-state index >= 15 is 0 Å². The van der Waals surface area contributed by atoms with Crippen LogP contribution in [0.2, 0.25) is 0 Å². The van der Waals surface area contributed by atoms with Crippen molar-refractivity contribution in [3.8, 4) is 11.3 Å². The third-order valence-corrected chi connectivity index (χ3v) is 9.08. The number of ketones is 1. The van der Waals surface area contributed by atoms with E-state index in [4.69, 9.17) is 5.11 Å². The summed E-state index contributed by atoms with van der Waals surface area (Å²) in [6, 6.07) is 32.3. The largest absolute Gasteiger partial charge is 0.512 e. The van der Waals surface area contributed by atoms with Crippen LogP contribution in [0.1, 0.15) is 51.0 Å². The third kappa shape index (κ3) is 5.55. The normalized spacial score (nSPS) is 13.9. The standard InChI is InChI=1S/C31H24NS.C5H8O2.Ir/c1-32-27-18-17-21-11-4-5-12-22(21)30(27)26(20-9-2-3-10-20)19-28(32)25-15-8-14-24-23-13-6-7-16-29(23)33-31(24)25;1-4(6)3-5(2)7;/h4-8,11-14,16-20H,1-3,9-10H2;3,6H,1-2H3;/q-1;;/b;4-3-;. The topological polar surface area (TPSA) is 41.2 Å². The number of carbonyl (C=O) groups is 1. The van der Waals surface area contributed by atoms with Crippen molar-refractivity contribution in [1.29, 1.82) is 0 Å². The number of fused-ring (bicyclic) bond motifs is 6. The minimum atomic E-state index is -0.125. The van der Waals surface area contributed by atoms with E-state index in [1.165, 1.54) is 93.0 Å². The fourth-order valence-electron chi connectivity index (χ4n) is 6.16. The molecular formula is C36H32IrNO2S-. The minimum absolute atomic E-state index is 0. The van der Waals surface area contributed by atoms with Gasteiger partial charge in [0.25, 0.3) is 0 Å². The molecule has 5 heteroatoms. The Morgan fingerprint density at radius 2 is 1.68 bits per heavy atom. The van der Waals surface area contributed by atoms with Crippen LogP contribution in [0.4, 0.5) is 0 Å². The zero-order chi connectivity index (χ0) is 27.8. The molecule has 0 spiro atoms. The second-order valence-corrected chi connectivity index (χ2v) is 11.7. The molecule has 6 aromatic rings. The molecule has 4 aromatic carbocycles. The molecule has 0 amide bonds. The van der Waals surface area contributed by atoms with Gasteiger partial charge in [0.1, 0.15) is 11.2 Å². The van der Waals surface area contributed by atoms with Gasteiger partial charge in [0.2, 0.25) is 0 Å². The average molecular weight is 735 g/mol. The number of thiophene rings is 1. The average Bonchev–Trinajstić information content (AvgIpc) is 3.61. The number of aliphatic hydroxyl groups is 1. The van der Waals surface area contributed by atoms with E-state index in [2.05, 4.69) is 96.5 Å². The van der Waals surface area contributed by atoms with E-state index in [1.807, 2.05) is 11.3 Å². The van der Waals surface area contributed by atoms with Crippen LogP contribution in [0.5, 0.6) is 0 Å². The monoisotopic (exact) mass is 735 g/mol. The van der Waals surface area contributed by atoms with Crippen LogP contribution < -0.4 is 4.57 Å². The fourth-order valence-corrected chi connectivity index (χ4v) is 7.36. The molecule has 1 saturated carbocycles. The second kappa shape index (κ2) is 12.2. The number of aromatic nitrogens is 1. The molecule has 1 aliphatic carbocycles. The predicted octanol–water partition coefficient (Wildman–Crippen LogP) is 9.45. The van der Waals surface area contributed by atoms with Gasteiger partial charge in [-0.15, -0.1) is 18.2 Å². The molecule has 2 aromatic heterocycles. The Morgan fingerprint density at radius 1 is 0.976 bits per heavy atom. The van der Waals surface area contributed by atoms with Crippen LogP contribution in [0.15, 0.2) is 90.7 Å². The molecule has 7 rings (SSSR count). The summed E-state index contributed by atoms with van der Waals surface area (Å²) in [7, 11) is 4.56. The van der Waals surface area contributed by atoms with Crippen LogP contribution in [-0.4, -0.2) is 10.9 Å². The molecule has 1 N–H and O–H groups in total. The smallest absolute Gasteiger partial charge is 0.155 e. The molecule has 1 fully saturated rings. The van der Waals surface area contributed by atoms with E-state index in [0.29, 0.717) is 5.92 Å². The van der Waals surface area contributed by atoms with E-state index < -0.39 is 0 Å². The molecule has 1 aliphatic rings. The Morgan fingerprint density at radius 3 is 2.39 bits per heavy atom. The van der Waals surface area contributed by atoms with Crippen molar-refractivity contribution in [3.05, 3.63) is 109 Å². The van der Waals surface area contributed by atoms with Crippen molar-refractivity contribution in [2.75, 3.05) is 0 Å². The molecule has 0 unspecified atom stereocenters. The van der Waals surface area contributed by atoms with Crippen molar-refractivity contribution in [3.63, 3.8) is 0 Å². The molecule has 209 valence electrons. The van der Waals surface area contributed by atoms with Gasteiger partial charge in [-0.2, -0.15) is 11.3 Å². The Hall–Kier alpha value is -3.50. The van der Waals surface area contributed by atoms with E-state index in [9.17, 15) is 4.79 Å². The van der Waals surface area contributed by atoms with Gasteiger partial charge >= 0.3 is 0 Å².